The first-order valence-corrected chi connectivity index (χ1v) is 9.36. The minimum absolute atomic E-state index is 0.0256. The van der Waals surface area contributed by atoms with E-state index >= 15 is 0 Å². The van der Waals surface area contributed by atoms with E-state index in [1.807, 2.05) is 0 Å². The Balaban J connectivity index is 2.45. The summed E-state index contributed by atoms with van der Waals surface area (Å²) in [5, 5.41) is 11.4. The number of hydroxylamine groups is 2. The van der Waals surface area contributed by atoms with Crippen LogP contribution in [-0.2, 0) is 14.4 Å². The first kappa shape index (κ1) is 19.4. The van der Waals surface area contributed by atoms with Crippen LogP contribution in [0.2, 0.25) is 0 Å². The second-order valence-corrected chi connectivity index (χ2v) is 6.86. The molecule has 0 fully saturated rings. The Morgan fingerprint density at radius 3 is 2.17 bits per heavy atom. The third-order valence-electron chi connectivity index (χ3n) is 3.39. The zero-order chi connectivity index (χ0) is 17.1. The van der Waals surface area contributed by atoms with Gasteiger partial charge in [-0.15, -0.1) is 4.28 Å². The maximum Gasteiger partial charge on any atom is 0.317 e. The average Bonchev–Trinajstić information content (AvgIpc) is 2.53. The van der Waals surface area contributed by atoms with E-state index < -0.39 is 16.2 Å². The molecule has 1 rings (SSSR count). The molecular formula is C16H24NO5S-. The smallest absolute Gasteiger partial charge is 0.317 e. The van der Waals surface area contributed by atoms with Gasteiger partial charge < -0.3 is 9.90 Å². The normalized spacial score (nSPS) is 11.3. The van der Waals surface area contributed by atoms with E-state index in [2.05, 4.69) is 11.2 Å². The van der Waals surface area contributed by atoms with Gasteiger partial charge in [0.05, 0.1) is 4.90 Å². The highest BCUT2D eigenvalue weighted by atomic mass is 32.2. The molecule has 1 aromatic carbocycles. The molecule has 0 unspecified atom stereocenters. The number of hydrogen-bond acceptors (Lipinski definition) is 5. The predicted molar refractivity (Wildman–Crippen MR) is 84.8 cm³/mol. The van der Waals surface area contributed by atoms with E-state index in [4.69, 9.17) is 0 Å². The van der Waals surface area contributed by atoms with E-state index in [-0.39, 0.29) is 11.4 Å². The quantitative estimate of drug-likeness (QED) is 0.456. The number of nitrogens with zero attached hydrogens (tertiary/aromatic N) is 1. The molecule has 0 saturated carbocycles. The van der Waals surface area contributed by atoms with Gasteiger partial charge in [-0.25, -0.2) is 5.06 Å². The summed E-state index contributed by atoms with van der Waals surface area (Å²) in [6.45, 7) is 2.12. The van der Waals surface area contributed by atoms with E-state index in [9.17, 15) is 18.3 Å². The Kier molecular flexibility index (Phi) is 8.65. The van der Waals surface area contributed by atoms with Crippen LogP contribution in [0.3, 0.4) is 0 Å². The monoisotopic (exact) mass is 342 g/mol. The second kappa shape index (κ2) is 10.2. The highest BCUT2D eigenvalue weighted by Gasteiger charge is 2.20. The number of amides is 1. The zero-order valence-electron chi connectivity index (χ0n) is 13.4. The Bertz CT molecular complexity index is 559. The molecule has 0 saturated heterocycles. The lowest BCUT2D eigenvalue weighted by Crippen LogP contribution is -2.43. The second-order valence-electron chi connectivity index (χ2n) is 5.33. The van der Waals surface area contributed by atoms with Crippen LogP contribution in [0.1, 0.15) is 51.9 Å². The van der Waals surface area contributed by atoms with Gasteiger partial charge in [0.15, 0.2) is 6.09 Å². The molecule has 0 N–H and O–H groups in total. The van der Waals surface area contributed by atoms with E-state index in [1.165, 1.54) is 43.5 Å². The third kappa shape index (κ3) is 7.47. The molecule has 0 radical (unpaired) electrons. The molecule has 0 heterocycles. The summed E-state index contributed by atoms with van der Waals surface area (Å²) < 4.78 is 28.7. The van der Waals surface area contributed by atoms with Gasteiger partial charge in [-0.05, 0) is 18.6 Å². The van der Waals surface area contributed by atoms with Crippen molar-refractivity contribution in [3.8, 4) is 0 Å². The van der Waals surface area contributed by atoms with Gasteiger partial charge in [0.1, 0.15) is 0 Å². The lowest BCUT2D eigenvalue weighted by molar-refractivity contribution is -0.287. The van der Waals surface area contributed by atoms with Crippen molar-refractivity contribution in [2.75, 3.05) is 6.54 Å². The summed E-state index contributed by atoms with van der Waals surface area (Å²) in [4.78, 5) is 10.9. The molecule has 0 aliphatic carbocycles. The molecule has 0 aliphatic rings. The minimum Gasteiger partial charge on any atom is -0.528 e. The Morgan fingerprint density at radius 1 is 1.04 bits per heavy atom. The maximum atomic E-state index is 12.0. The summed E-state index contributed by atoms with van der Waals surface area (Å²) in [5.41, 5.74) is 0. The molecule has 0 aliphatic heterocycles. The predicted octanol–water partition coefficient (Wildman–Crippen LogP) is 2.70. The molecule has 0 bridgehead atoms. The van der Waals surface area contributed by atoms with Crippen LogP contribution in [0.15, 0.2) is 35.2 Å². The van der Waals surface area contributed by atoms with Gasteiger partial charge >= 0.3 is 10.1 Å². The summed E-state index contributed by atoms with van der Waals surface area (Å²) in [6, 6.07) is 7.42. The highest BCUT2D eigenvalue weighted by Crippen LogP contribution is 2.14. The Morgan fingerprint density at radius 2 is 1.61 bits per heavy atom. The molecule has 0 spiro atoms. The topological polar surface area (TPSA) is 86.7 Å². The van der Waals surface area contributed by atoms with Gasteiger partial charge in [-0.3, -0.25) is 0 Å². The minimum atomic E-state index is -4.15. The molecule has 1 amide bonds. The van der Waals surface area contributed by atoms with Crippen molar-refractivity contribution >= 4 is 16.2 Å². The van der Waals surface area contributed by atoms with E-state index in [1.54, 1.807) is 6.07 Å². The molecule has 6 nitrogen and oxygen atoms in total. The number of carbonyl (C=O) groups excluding carboxylic acids is 1. The van der Waals surface area contributed by atoms with Crippen molar-refractivity contribution in [3.63, 3.8) is 0 Å². The Hall–Kier alpha value is -1.60. The van der Waals surface area contributed by atoms with Crippen LogP contribution in [0, 0.1) is 0 Å². The van der Waals surface area contributed by atoms with Crippen molar-refractivity contribution in [2.45, 2.75) is 56.8 Å². The summed E-state index contributed by atoms with van der Waals surface area (Å²) >= 11 is 0. The van der Waals surface area contributed by atoms with E-state index in [0.717, 1.165) is 19.3 Å². The first-order valence-electron chi connectivity index (χ1n) is 7.95. The molecule has 0 aromatic heterocycles. The van der Waals surface area contributed by atoms with E-state index in [0.29, 0.717) is 11.5 Å². The fourth-order valence-corrected chi connectivity index (χ4v) is 3.07. The first-order chi connectivity index (χ1) is 11.0. The van der Waals surface area contributed by atoms with Crippen LogP contribution >= 0.6 is 0 Å². The average molecular weight is 342 g/mol. The fourth-order valence-electron chi connectivity index (χ4n) is 2.12. The fraction of sp³-hybridized carbons (Fsp3) is 0.562. The number of carbonyl (C=O) groups is 1. The van der Waals surface area contributed by atoms with Crippen molar-refractivity contribution in [3.05, 3.63) is 30.3 Å². The zero-order valence-corrected chi connectivity index (χ0v) is 14.3. The Labute approximate surface area is 138 Å². The van der Waals surface area contributed by atoms with Gasteiger partial charge in [0, 0.05) is 6.54 Å². The van der Waals surface area contributed by atoms with Crippen molar-refractivity contribution in [2.24, 2.45) is 0 Å². The summed E-state index contributed by atoms with van der Waals surface area (Å²) in [6.07, 6.45) is 5.32. The molecule has 23 heavy (non-hydrogen) atoms. The maximum absolute atomic E-state index is 12.0. The number of carboxylic acid groups (broad SMARTS) is 1. The summed E-state index contributed by atoms with van der Waals surface area (Å²) in [7, 11) is -4.15. The number of hydrogen-bond donors (Lipinski definition) is 0. The summed E-state index contributed by atoms with van der Waals surface area (Å²) in [5.74, 6) is 0. The molecule has 0 atom stereocenters. The van der Waals surface area contributed by atoms with Crippen LogP contribution < -0.4 is 5.11 Å². The van der Waals surface area contributed by atoms with Gasteiger partial charge in [0.25, 0.3) is 0 Å². The van der Waals surface area contributed by atoms with Crippen LogP contribution in [-0.4, -0.2) is 26.1 Å². The SMILES string of the molecule is CCCCCCCCCN(OS(=O)(=O)c1ccccc1)C(=O)[O-]. The third-order valence-corrected chi connectivity index (χ3v) is 4.61. The van der Waals surface area contributed by atoms with Crippen molar-refractivity contribution < 1.29 is 22.6 Å². The standard InChI is InChI=1S/C16H25NO5S/c1-2-3-4-5-6-7-11-14-17(16(18)19)22-23(20,21)15-12-9-8-10-13-15/h8-10,12-13H,2-7,11,14H2,1H3,(H,18,19)/p-1. The number of benzene rings is 1. The molecule has 1 aromatic rings. The van der Waals surface area contributed by atoms with Crippen molar-refractivity contribution in [1.82, 2.24) is 5.06 Å². The molecular weight excluding hydrogens is 318 g/mol. The largest absolute Gasteiger partial charge is 0.528 e. The van der Waals surface area contributed by atoms with Gasteiger partial charge in [0.2, 0.25) is 0 Å². The highest BCUT2D eigenvalue weighted by molar-refractivity contribution is 7.86. The lowest BCUT2D eigenvalue weighted by atomic mass is 10.1. The van der Waals surface area contributed by atoms with Crippen LogP contribution in [0.4, 0.5) is 4.79 Å². The number of rotatable bonds is 11. The van der Waals surface area contributed by atoms with Crippen LogP contribution in [0.25, 0.3) is 0 Å². The molecule has 7 heteroatoms. The van der Waals surface area contributed by atoms with Gasteiger partial charge in [-0.1, -0.05) is 63.6 Å². The van der Waals surface area contributed by atoms with Crippen LogP contribution in [0.5, 0.6) is 0 Å². The lowest BCUT2D eigenvalue weighted by Gasteiger charge is -2.23. The van der Waals surface area contributed by atoms with Gasteiger partial charge in [-0.2, -0.15) is 8.42 Å². The number of unbranched alkanes of at least 4 members (excludes halogenated alkanes) is 6. The molecule has 130 valence electrons. The van der Waals surface area contributed by atoms with Crippen molar-refractivity contribution in [1.29, 1.82) is 0 Å².